The fraction of sp³-hybridized carbons (Fsp3) is 0.294. The van der Waals surface area contributed by atoms with Crippen molar-refractivity contribution in [3.8, 4) is 0 Å². The zero-order chi connectivity index (χ0) is 12.8. The zero-order valence-electron chi connectivity index (χ0n) is 11.1. The van der Waals surface area contributed by atoms with E-state index in [-0.39, 0.29) is 6.04 Å². The van der Waals surface area contributed by atoms with E-state index in [9.17, 15) is 0 Å². The summed E-state index contributed by atoms with van der Waals surface area (Å²) in [5.41, 5.74) is 2.52. The topological polar surface area (TPSA) is 12.0 Å². The van der Waals surface area contributed by atoms with Gasteiger partial charge in [-0.1, -0.05) is 68.8 Å². The molecule has 0 radical (unpaired) electrons. The van der Waals surface area contributed by atoms with Crippen molar-refractivity contribution in [3.05, 3.63) is 66.3 Å². The average molecular weight is 239 g/mol. The Hall–Kier alpha value is -1.76. The van der Waals surface area contributed by atoms with Crippen molar-refractivity contribution in [2.24, 2.45) is 5.92 Å². The van der Waals surface area contributed by atoms with E-state index in [1.165, 1.54) is 12.0 Å². The zero-order valence-corrected chi connectivity index (χ0v) is 11.1. The van der Waals surface area contributed by atoms with Crippen molar-refractivity contribution in [1.82, 2.24) is 0 Å². The summed E-state index contributed by atoms with van der Waals surface area (Å²) in [5, 5.41) is 3.55. The van der Waals surface area contributed by atoms with Crippen molar-refractivity contribution in [3.63, 3.8) is 0 Å². The van der Waals surface area contributed by atoms with Gasteiger partial charge in [-0.25, -0.2) is 0 Å². The van der Waals surface area contributed by atoms with E-state index in [1.54, 1.807) is 0 Å². The molecule has 2 rings (SSSR count). The molecular weight excluding hydrogens is 218 g/mol. The highest BCUT2D eigenvalue weighted by atomic mass is 14.9. The Kier molecular flexibility index (Phi) is 4.40. The van der Waals surface area contributed by atoms with Crippen molar-refractivity contribution >= 4 is 5.69 Å². The fourth-order valence-corrected chi connectivity index (χ4v) is 2.01. The third-order valence-electron chi connectivity index (χ3n) is 3.28. The van der Waals surface area contributed by atoms with E-state index in [0.717, 1.165) is 5.69 Å². The minimum atomic E-state index is 0.284. The van der Waals surface area contributed by atoms with Crippen molar-refractivity contribution in [2.75, 3.05) is 5.32 Å². The van der Waals surface area contributed by atoms with Crippen molar-refractivity contribution in [2.45, 2.75) is 26.3 Å². The highest BCUT2D eigenvalue weighted by Gasteiger charge is 2.11. The quantitative estimate of drug-likeness (QED) is 0.811. The van der Waals surface area contributed by atoms with E-state index in [0.29, 0.717) is 5.92 Å². The van der Waals surface area contributed by atoms with Crippen LogP contribution in [0.1, 0.15) is 20.3 Å². The predicted octanol–water partition coefficient (Wildman–Crippen LogP) is 4.57. The first-order valence-electron chi connectivity index (χ1n) is 6.67. The Morgan fingerprint density at radius 1 is 1.22 bits per heavy atom. The normalized spacial score (nSPS) is 22.1. The summed E-state index contributed by atoms with van der Waals surface area (Å²) in [4.78, 5) is 0. The lowest BCUT2D eigenvalue weighted by atomic mass is 9.96. The largest absolute Gasteiger partial charge is 0.375 e. The number of hydrogen-bond donors (Lipinski definition) is 1. The van der Waals surface area contributed by atoms with Crippen molar-refractivity contribution < 1.29 is 0 Å². The van der Waals surface area contributed by atoms with Crippen molar-refractivity contribution in [1.29, 1.82) is 0 Å². The summed E-state index contributed by atoms with van der Waals surface area (Å²) < 4.78 is 0. The highest BCUT2D eigenvalue weighted by molar-refractivity contribution is 5.50. The Balaban J connectivity index is 2.13. The van der Waals surface area contributed by atoms with Crippen LogP contribution in [0, 0.1) is 5.92 Å². The molecule has 0 spiro atoms. The summed E-state index contributed by atoms with van der Waals surface area (Å²) in [6.45, 7) is 4.49. The van der Waals surface area contributed by atoms with Crippen LogP contribution in [0.2, 0.25) is 0 Å². The van der Waals surface area contributed by atoms with Gasteiger partial charge in [-0.05, 0) is 23.6 Å². The van der Waals surface area contributed by atoms with Crippen LogP contribution in [0.15, 0.2) is 66.3 Å². The molecule has 1 aromatic rings. The van der Waals surface area contributed by atoms with Gasteiger partial charge in [0.1, 0.15) is 0 Å². The molecule has 1 aliphatic carbocycles. The number of nitrogens with one attached hydrogen (secondary N) is 1. The summed E-state index contributed by atoms with van der Waals surface area (Å²) >= 11 is 0. The first-order valence-corrected chi connectivity index (χ1v) is 6.67. The van der Waals surface area contributed by atoms with Gasteiger partial charge < -0.3 is 5.32 Å². The minimum absolute atomic E-state index is 0.284. The summed E-state index contributed by atoms with van der Waals surface area (Å²) in [6.07, 6.45) is 12.2. The average Bonchev–Trinajstić information content (AvgIpc) is 2.42. The Bertz CT molecular complexity index is 454. The highest BCUT2D eigenvalue weighted by Crippen LogP contribution is 2.20. The van der Waals surface area contributed by atoms with Crippen LogP contribution in [0.3, 0.4) is 0 Å². The maximum atomic E-state index is 3.55. The number of hydrogen-bond acceptors (Lipinski definition) is 1. The van der Waals surface area contributed by atoms with Crippen LogP contribution in [0.4, 0.5) is 5.69 Å². The predicted molar refractivity (Wildman–Crippen MR) is 79.7 cm³/mol. The van der Waals surface area contributed by atoms with Gasteiger partial charge in [0.05, 0.1) is 6.04 Å². The molecule has 2 atom stereocenters. The van der Waals surface area contributed by atoms with Gasteiger partial charge in [0.2, 0.25) is 0 Å². The summed E-state index contributed by atoms with van der Waals surface area (Å²) in [6, 6.07) is 10.6. The molecule has 1 nitrogen and oxygen atoms in total. The fourth-order valence-electron chi connectivity index (χ4n) is 2.01. The van der Waals surface area contributed by atoms with Gasteiger partial charge in [-0.2, -0.15) is 0 Å². The molecule has 0 saturated carbocycles. The molecule has 1 N–H and O–H groups in total. The number of para-hydroxylation sites is 1. The van der Waals surface area contributed by atoms with E-state index in [4.69, 9.17) is 0 Å². The standard InChI is InChI=1S/C17H21N/c1-3-14(2)13-15-9-7-8-12-17(15)18-16-10-5-4-6-11-16/h4-14,17-18H,3H2,1-2H3. The molecule has 2 unspecified atom stereocenters. The second-order valence-electron chi connectivity index (χ2n) is 4.78. The van der Waals surface area contributed by atoms with Crippen LogP contribution < -0.4 is 5.32 Å². The number of benzene rings is 1. The number of allylic oxidation sites excluding steroid dienone is 3. The molecule has 0 aliphatic heterocycles. The molecule has 0 aromatic heterocycles. The monoisotopic (exact) mass is 239 g/mol. The number of anilines is 1. The number of rotatable bonds is 4. The summed E-state index contributed by atoms with van der Waals surface area (Å²) in [7, 11) is 0. The Labute approximate surface area is 110 Å². The van der Waals surface area contributed by atoms with Gasteiger partial charge in [0.25, 0.3) is 0 Å². The second-order valence-corrected chi connectivity index (χ2v) is 4.78. The Morgan fingerprint density at radius 2 is 2.00 bits per heavy atom. The molecule has 0 bridgehead atoms. The van der Waals surface area contributed by atoms with E-state index >= 15 is 0 Å². The molecule has 1 heteroatoms. The molecule has 0 heterocycles. The first kappa shape index (κ1) is 12.7. The molecule has 1 aromatic carbocycles. The molecular formula is C17H21N. The van der Waals surface area contributed by atoms with E-state index in [2.05, 4.69) is 73.8 Å². The van der Waals surface area contributed by atoms with Gasteiger partial charge >= 0.3 is 0 Å². The van der Waals surface area contributed by atoms with Gasteiger partial charge in [0.15, 0.2) is 0 Å². The van der Waals surface area contributed by atoms with Gasteiger partial charge in [0, 0.05) is 5.69 Å². The second kappa shape index (κ2) is 6.25. The molecule has 0 fully saturated rings. The summed E-state index contributed by atoms with van der Waals surface area (Å²) in [5.74, 6) is 0.622. The third-order valence-corrected chi connectivity index (χ3v) is 3.28. The lowest BCUT2D eigenvalue weighted by Gasteiger charge is -2.21. The van der Waals surface area contributed by atoms with E-state index < -0.39 is 0 Å². The third kappa shape index (κ3) is 3.36. The SMILES string of the molecule is CCC(C)C=C1C=CC=CC1Nc1ccccc1. The molecule has 94 valence electrons. The molecule has 0 amide bonds. The van der Waals surface area contributed by atoms with Gasteiger partial charge in [-0.3, -0.25) is 0 Å². The lowest BCUT2D eigenvalue weighted by Crippen LogP contribution is -2.20. The van der Waals surface area contributed by atoms with E-state index in [1.807, 2.05) is 6.07 Å². The maximum Gasteiger partial charge on any atom is 0.0698 e. The molecule has 18 heavy (non-hydrogen) atoms. The Morgan fingerprint density at radius 3 is 2.72 bits per heavy atom. The molecule has 1 aliphatic rings. The van der Waals surface area contributed by atoms with Crippen LogP contribution in [0.25, 0.3) is 0 Å². The lowest BCUT2D eigenvalue weighted by molar-refractivity contribution is 0.690. The minimum Gasteiger partial charge on any atom is -0.375 e. The van der Waals surface area contributed by atoms with Crippen LogP contribution in [0.5, 0.6) is 0 Å². The molecule has 0 saturated heterocycles. The van der Waals surface area contributed by atoms with Crippen LogP contribution >= 0.6 is 0 Å². The smallest absolute Gasteiger partial charge is 0.0698 e. The van der Waals surface area contributed by atoms with Gasteiger partial charge in [-0.15, -0.1) is 0 Å². The van der Waals surface area contributed by atoms with Crippen LogP contribution in [-0.4, -0.2) is 6.04 Å². The van der Waals surface area contributed by atoms with Crippen LogP contribution in [-0.2, 0) is 0 Å². The maximum absolute atomic E-state index is 3.55. The first-order chi connectivity index (χ1) is 8.79.